The Hall–Kier alpha value is -2.15. The minimum absolute atomic E-state index is 0.133. The first kappa shape index (κ1) is 16.7. The lowest BCUT2D eigenvalue weighted by molar-refractivity contribution is -0.151. The standard InChI is InChI=1S/C17H18F3N3O/c18-17(19,20)11-23-9-3-4-12(10-23)16(24)22-15-7-1-6-14-13(15)5-2-8-21-14/h1-2,5-8,12H,3-4,9-11H2,(H,22,24)/t12-/m1/s1. The highest BCUT2D eigenvalue weighted by Gasteiger charge is 2.34. The van der Waals surface area contributed by atoms with Gasteiger partial charge in [-0.15, -0.1) is 0 Å². The molecule has 1 aromatic heterocycles. The van der Waals surface area contributed by atoms with Crippen LogP contribution in [0.3, 0.4) is 0 Å². The zero-order valence-corrected chi connectivity index (χ0v) is 13.0. The Balaban J connectivity index is 1.70. The van der Waals surface area contributed by atoms with Crippen LogP contribution in [0.15, 0.2) is 36.5 Å². The van der Waals surface area contributed by atoms with Gasteiger partial charge in [0.25, 0.3) is 0 Å². The quantitative estimate of drug-likeness (QED) is 0.933. The van der Waals surface area contributed by atoms with Crippen LogP contribution in [-0.2, 0) is 4.79 Å². The average Bonchev–Trinajstić information content (AvgIpc) is 2.54. The molecule has 1 aliphatic heterocycles. The average molecular weight is 337 g/mol. The van der Waals surface area contributed by atoms with Crippen LogP contribution in [0.4, 0.5) is 18.9 Å². The Kier molecular flexibility index (Phi) is 4.71. The highest BCUT2D eigenvalue weighted by molar-refractivity contribution is 6.01. The highest BCUT2D eigenvalue weighted by atomic mass is 19.4. The molecule has 1 fully saturated rings. The molecule has 1 amide bonds. The number of nitrogens with zero attached hydrogens (tertiary/aromatic N) is 2. The Bertz CT molecular complexity index is 727. The van der Waals surface area contributed by atoms with E-state index in [1.54, 1.807) is 24.4 Å². The van der Waals surface area contributed by atoms with Crippen LogP contribution in [-0.4, -0.2) is 41.6 Å². The number of aromatic nitrogens is 1. The van der Waals surface area contributed by atoms with Crippen molar-refractivity contribution in [3.05, 3.63) is 36.5 Å². The SMILES string of the molecule is O=C(Nc1cccc2ncccc12)[C@@H]1CCCN(CC(F)(F)F)C1. The lowest BCUT2D eigenvalue weighted by Crippen LogP contribution is -2.44. The van der Waals surface area contributed by atoms with Crippen molar-refractivity contribution in [3.8, 4) is 0 Å². The van der Waals surface area contributed by atoms with Crippen LogP contribution < -0.4 is 5.32 Å². The smallest absolute Gasteiger partial charge is 0.325 e. The van der Waals surface area contributed by atoms with Crippen molar-refractivity contribution in [2.75, 3.05) is 25.0 Å². The van der Waals surface area contributed by atoms with Crippen molar-refractivity contribution in [1.82, 2.24) is 9.88 Å². The summed E-state index contributed by atoms with van der Waals surface area (Å²) in [5.74, 6) is -0.675. The molecule has 1 saturated heterocycles. The molecule has 7 heteroatoms. The second kappa shape index (κ2) is 6.76. The first-order valence-corrected chi connectivity index (χ1v) is 7.86. The summed E-state index contributed by atoms with van der Waals surface area (Å²) in [5.41, 5.74) is 1.40. The predicted molar refractivity (Wildman–Crippen MR) is 85.6 cm³/mol. The Morgan fingerprint density at radius 3 is 2.92 bits per heavy atom. The first-order chi connectivity index (χ1) is 11.4. The lowest BCUT2D eigenvalue weighted by atomic mass is 9.97. The van der Waals surface area contributed by atoms with Gasteiger partial charge in [-0.05, 0) is 43.7 Å². The molecular formula is C17H18F3N3O. The van der Waals surface area contributed by atoms with E-state index >= 15 is 0 Å². The number of benzene rings is 1. The van der Waals surface area contributed by atoms with Crippen molar-refractivity contribution in [2.45, 2.75) is 19.0 Å². The third-order valence-corrected chi connectivity index (χ3v) is 4.18. The monoisotopic (exact) mass is 337 g/mol. The van der Waals surface area contributed by atoms with Crippen molar-refractivity contribution in [2.24, 2.45) is 5.92 Å². The maximum Gasteiger partial charge on any atom is 0.401 e. The van der Waals surface area contributed by atoms with Gasteiger partial charge in [-0.3, -0.25) is 14.7 Å². The molecule has 2 aromatic rings. The fraction of sp³-hybridized carbons (Fsp3) is 0.412. The predicted octanol–water partition coefficient (Wildman–Crippen LogP) is 3.45. The number of alkyl halides is 3. The number of nitrogens with one attached hydrogen (secondary N) is 1. The molecule has 3 rings (SSSR count). The summed E-state index contributed by atoms with van der Waals surface area (Å²) in [5, 5.41) is 3.67. The molecule has 4 nitrogen and oxygen atoms in total. The zero-order valence-electron chi connectivity index (χ0n) is 13.0. The molecule has 1 aliphatic rings. The number of piperidine rings is 1. The number of likely N-dealkylation sites (tertiary alicyclic amines) is 1. The number of fused-ring (bicyclic) bond motifs is 1. The number of halogens is 3. The second-order valence-corrected chi connectivity index (χ2v) is 6.05. The van der Waals surface area contributed by atoms with E-state index in [2.05, 4.69) is 10.3 Å². The Labute approximate surface area is 137 Å². The second-order valence-electron chi connectivity index (χ2n) is 6.05. The van der Waals surface area contributed by atoms with Gasteiger partial charge in [-0.25, -0.2) is 0 Å². The summed E-state index contributed by atoms with van der Waals surface area (Å²) in [7, 11) is 0. The minimum Gasteiger partial charge on any atom is -0.325 e. The first-order valence-electron chi connectivity index (χ1n) is 7.86. The number of pyridine rings is 1. The molecule has 128 valence electrons. The van der Waals surface area contributed by atoms with E-state index in [9.17, 15) is 18.0 Å². The van der Waals surface area contributed by atoms with Crippen molar-refractivity contribution < 1.29 is 18.0 Å². The van der Waals surface area contributed by atoms with E-state index in [4.69, 9.17) is 0 Å². The van der Waals surface area contributed by atoms with Gasteiger partial charge in [0.2, 0.25) is 5.91 Å². The summed E-state index contributed by atoms with van der Waals surface area (Å²) in [4.78, 5) is 18.0. The summed E-state index contributed by atoms with van der Waals surface area (Å²) < 4.78 is 37.6. The third kappa shape index (κ3) is 4.03. The molecule has 1 aromatic carbocycles. The van der Waals surface area contributed by atoms with E-state index in [1.165, 1.54) is 4.90 Å². The normalized spacial score (nSPS) is 19.4. The largest absolute Gasteiger partial charge is 0.401 e. The molecule has 0 bridgehead atoms. The van der Waals surface area contributed by atoms with Gasteiger partial charge < -0.3 is 5.32 Å². The van der Waals surface area contributed by atoms with Crippen LogP contribution in [0.2, 0.25) is 0 Å². The maximum absolute atomic E-state index is 12.5. The molecule has 2 heterocycles. The van der Waals surface area contributed by atoms with Crippen molar-refractivity contribution in [1.29, 1.82) is 0 Å². The number of hydrogen-bond donors (Lipinski definition) is 1. The van der Waals surface area contributed by atoms with Gasteiger partial charge in [0.15, 0.2) is 0 Å². The van der Waals surface area contributed by atoms with Crippen LogP contribution in [0, 0.1) is 5.92 Å². The van der Waals surface area contributed by atoms with Gasteiger partial charge in [0.05, 0.1) is 23.7 Å². The van der Waals surface area contributed by atoms with Crippen LogP contribution >= 0.6 is 0 Å². The van der Waals surface area contributed by atoms with E-state index in [1.807, 2.05) is 12.1 Å². The Morgan fingerprint density at radius 1 is 1.29 bits per heavy atom. The lowest BCUT2D eigenvalue weighted by Gasteiger charge is -2.32. The van der Waals surface area contributed by atoms with Crippen LogP contribution in [0.5, 0.6) is 0 Å². The van der Waals surface area contributed by atoms with Crippen molar-refractivity contribution in [3.63, 3.8) is 0 Å². The van der Waals surface area contributed by atoms with E-state index in [0.717, 1.165) is 10.9 Å². The summed E-state index contributed by atoms with van der Waals surface area (Å²) in [6, 6.07) is 9.05. The van der Waals surface area contributed by atoms with Gasteiger partial charge >= 0.3 is 6.18 Å². The van der Waals surface area contributed by atoms with E-state index < -0.39 is 18.6 Å². The van der Waals surface area contributed by atoms with Gasteiger partial charge in [0.1, 0.15) is 0 Å². The molecule has 1 atom stereocenters. The molecule has 24 heavy (non-hydrogen) atoms. The van der Waals surface area contributed by atoms with E-state index in [-0.39, 0.29) is 12.5 Å². The number of carbonyl (C=O) groups is 1. The van der Waals surface area contributed by atoms with Gasteiger partial charge in [-0.2, -0.15) is 13.2 Å². The number of anilines is 1. The van der Waals surface area contributed by atoms with E-state index in [0.29, 0.717) is 25.1 Å². The third-order valence-electron chi connectivity index (χ3n) is 4.18. The number of carbonyl (C=O) groups excluding carboxylic acids is 1. The summed E-state index contributed by atoms with van der Waals surface area (Å²) >= 11 is 0. The fourth-order valence-electron chi connectivity index (χ4n) is 3.11. The summed E-state index contributed by atoms with van der Waals surface area (Å²) in [6.07, 6.45) is -1.38. The minimum atomic E-state index is -4.24. The van der Waals surface area contributed by atoms with Crippen LogP contribution in [0.1, 0.15) is 12.8 Å². The molecule has 0 aliphatic carbocycles. The van der Waals surface area contributed by atoms with Gasteiger partial charge in [0, 0.05) is 18.1 Å². The number of hydrogen-bond acceptors (Lipinski definition) is 3. The van der Waals surface area contributed by atoms with Crippen LogP contribution in [0.25, 0.3) is 10.9 Å². The fourth-order valence-corrected chi connectivity index (χ4v) is 3.11. The number of amides is 1. The molecule has 1 N–H and O–H groups in total. The molecule has 0 saturated carbocycles. The molecule has 0 radical (unpaired) electrons. The van der Waals surface area contributed by atoms with Gasteiger partial charge in [-0.1, -0.05) is 6.07 Å². The highest BCUT2D eigenvalue weighted by Crippen LogP contribution is 2.25. The maximum atomic E-state index is 12.5. The van der Waals surface area contributed by atoms with Crippen molar-refractivity contribution >= 4 is 22.5 Å². The summed E-state index contributed by atoms with van der Waals surface area (Å²) in [6.45, 7) is -0.454. The number of rotatable bonds is 3. The zero-order chi connectivity index (χ0) is 17.2. The Morgan fingerprint density at radius 2 is 2.12 bits per heavy atom. The molecule has 0 unspecified atom stereocenters. The topological polar surface area (TPSA) is 45.2 Å². The molecular weight excluding hydrogens is 319 g/mol. The molecule has 0 spiro atoms.